The molecule has 1 aromatic carbocycles. The van der Waals surface area contributed by atoms with E-state index >= 15 is 0 Å². The van der Waals surface area contributed by atoms with E-state index in [1.165, 1.54) is 17.7 Å². The van der Waals surface area contributed by atoms with Crippen molar-refractivity contribution in [1.82, 2.24) is 5.32 Å². The van der Waals surface area contributed by atoms with Crippen molar-refractivity contribution in [2.45, 2.75) is 24.7 Å². The molecule has 0 heterocycles. The van der Waals surface area contributed by atoms with Gasteiger partial charge in [-0.1, -0.05) is 55.5 Å². The van der Waals surface area contributed by atoms with E-state index < -0.39 is 0 Å². The molecule has 1 nitrogen and oxygen atoms in total. The van der Waals surface area contributed by atoms with Gasteiger partial charge in [0, 0.05) is 11.4 Å². The molecular formula is C11H15NS2. The SMILES string of the molecule is CCCCNC(=S)Sc1ccccc1. The smallest absolute Gasteiger partial charge is 0.138 e. The highest BCUT2D eigenvalue weighted by atomic mass is 32.2. The first-order chi connectivity index (χ1) is 6.83. The van der Waals surface area contributed by atoms with Crippen LogP contribution in [0.2, 0.25) is 0 Å². The van der Waals surface area contributed by atoms with Crippen molar-refractivity contribution in [1.29, 1.82) is 0 Å². The molecule has 0 saturated carbocycles. The maximum Gasteiger partial charge on any atom is 0.138 e. The molecule has 0 aliphatic heterocycles. The summed E-state index contributed by atoms with van der Waals surface area (Å²) in [5.74, 6) is 0. The number of rotatable bonds is 4. The summed E-state index contributed by atoms with van der Waals surface area (Å²) >= 11 is 6.82. The van der Waals surface area contributed by atoms with E-state index in [1.54, 1.807) is 11.8 Å². The lowest BCUT2D eigenvalue weighted by atomic mass is 10.3. The fourth-order valence-corrected chi connectivity index (χ4v) is 2.07. The molecule has 0 fully saturated rings. The van der Waals surface area contributed by atoms with Crippen LogP contribution in [0.15, 0.2) is 35.2 Å². The van der Waals surface area contributed by atoms with Crippen LogP contribution in [-0.2, 0) is 0 Å². The van der Waals surface area contributed by atoms with Gasteiger partial charge in [-0.15, -0.1) is 0 Å². The second-order valence-electron chi connectivity index (χ2n) is 2.98. The Balaban J connectivity index is 2.27. The maximum atomic E-state index is 5.20. The van der Waals surface area contributed by atoms with Gasteiger partial charge < -0.3 is 5.32 Å². The van der Waals surface area contributed by atoms with Crippen molar-refractivity contribution < 1.29 is 0 Å². The molecule has 0 amide bonds. The molecule has 0 atom stereocenters. The van der Waals surface area contributed by atoms with Crippen molar-refractivity contribution in [2.75, 3.05) is 6.54 Å². The number of hydrogen-bond acceptors (Lipinski definition) is 2. The molecule has 3 heteroatoms. The largest absolute Gasteiger partial charge is 0.371 e. The van der Waals surface area contributed by atoms with Crippen molar-refractivity contribution in [2.24, 2.45) is 0 Å². The van der Waals surface area contributed by atoms with Crippen LogP contribution in [0.3, 0.4) is 0 Å². The Morgan fingerprint density at radius 3 is 2.71 bits per heavy atom. The molecule has 1 aromatic rings. The van der Waals surface area contributed by atoms with Crippen LogP contribution in [0.5, 0.6) is 0 Å². The van der Waals surface area contributed by atoms with E-state index in [1.807, 2.05) is 18.2 Å². The van der Waals surface area contributed by atoms with Crippen molar-refractivity contribution in [3.05, 3.63) is 30.3 Å². The summed E-state index contributed by atoms with van der Waals surface area (Å²) in [6, 6.07) is 10.2. The number of thioether (sulfide) groups is 1. The minimum Gasteiger partial charge on any atom is -0.371 e. The van der Waals surface area contributed by atoms with Gasteiger partial charge in [-0.05, 0) is 18.6 Å². The lowest BCUT2D eigenvalue weighted by molar-refractivity contribution is 0.762. The Labute approximate surface area is 95.3 Å². The van der Waals surface area contributed by atoms with Crippen LogP contribution in [0.4, 0.5) is 0 Å². The first-order valence-electron chi connectivity index (χ1n) is 4.83. The monoisotopic (exact) mass is 225 g/mol. The fourth-order valence-electron chi connectivity index (χ4n) is 0.999. The second-order valence-corrected chi connectivity index (χ2v) is 4.73. The average Bonchev–Trinajstić information content (AvgIpc) is 2.20. The highest BCUT2D eigenvalue weighted by molar-refractivity contribution is 8.23. The van der Waals surface area contributed by atoms with Crippen molar-refractivity contribution in [3.8, 4) is 0 Å². The Morgan fingerprint density at radius 1 is 1.36 bits per heavy atom. The van der Waals surface area contributed by atoms with Gasteiger partial charge >= 0.3 is 0 Å². The van der Waals surface area contributed by atoms with Crippen LogP contribution in [-0.4, -0.2) is 10.9 Å². The van der Waals surface area contributed by atoms with Gasteiger partial charge in [-0.25, -0.2) is 0 Å². The third kappa shape index (κ3) is 4.63. The number of benzene rings is 1. The zero-order chi connectivity index (χ0) is 10.2. The van der Waals surface area contributed by atoms with Gasteiger partial charge in [0.25, 0.3) is 0 Å². The quantitative estimate of drug-likeness (QED) is 0.479. The molecule has 1 rings (SSSR count). The van der Waals surface area contributed by atoms with E-state index in [0.717, 1.165) is 10.9 Å². The minimum atomic E-state index is 0.865. The molecule has 1 N–H and O–H groups in total. The fraction of sp³-hybridized carbons (Fsp3) is 0.364. The van der Waals surface area contributed by atoms with E-state index in [0.29, 0.717) is 0 Å². The molecule has 0 radical (unpaired) electrons. The normalized spacial score (nSPS) is 9.79. The molecular weight excluding hydrogens is 210 g/mol. The summed E-state index contributed by atoms with van der Waals surface area (Å²) in [6.45, 7) is 3.16. The molecule has 0 aliphatic carbocycles. The predicted octanol–water partition coefficient (Wildman–Crippen LogP) is 3.45. The topological polar surface area (TPSA) is 12.0 Å². The Morgan fingerprint density at radius 2 is 2.07 bits per heavy atom. The van der Waals surface area contributed by atoms with Crippen LogP contribution in [0, 0.1) is 0 Å². The van der Waals surface area contributed by atoms with Crippen molar-refractivity contribution in [3.63, 3.8) is 0 Å². The van der Waals surface area contributed by atoms with Gasteiger partial charge in [0.2, 0.25) is 0 Å². The summed E-state index contributed by atoms with van der Waals surface area (Å²) < 4.78 is 0.865. The summed E-state index contributed by atoms with van der Waals surface area (Å²) in [6.07, 6.45) is 2.38. The zero-order valence-corrected chi connectivity index (χ0v) is 9.96. The molecule has 0 aromatic heterocycles. The van der Waals surface area contributed by atoms with Crippen LogP contribution >= 0.6 is 24.0 Å². The average molecular weight is 225 g/mol. The Hall–Kier alpha value is -0.540. The third-order valence-corrected chi connectivity index (χ3v) is 2.99. The number of nitrogens with one attached hydrogen (secondary N) is 1. The van der Waals surface area contributed by atoms with Gasteiger partial charge in [0.1, 0.15) is 4.32 Å². The summed E-state index contributed by atoms with van der Waals surface area (Å²) in [4.78, 5) is 1.20. The first-order valence-corrected chi connectivity index (χ1v) is 6.06. The van der Waals surface area contributed by atoms with Gasteiger partial charge in [-0.3, -0.25) is 0 Å². The van der Waals surface area contributed by atoms with E-state index in [4.69, 9.17) is 12.2 Å². The van der Waals surface area contributed by atoms with Crippen molar-refractivity contribution >= 4 is 28.3 Å². The molecule has 0 saturated heterocycles. The maximum absolute atomic E-state index is 5.20. The van der Waals surface area contributed by atoms with E-state index in [9.17, 15) is 0 Å². The second kappa shape index (κ2) is 6.85. The van der Waals surface area contributed by atoms with Gasteiger partial charge in [0.15, 0.2) is 0 Å². The molecule has 0 unspecified atom stereocenters. The van der Waals surface area contributed by atoms with Crippen LogP contribution in [0.1, 0.15) is 19.8 Å². The zero-order valence-electron chi connectivity index (χ0n) is 8.32. The molecule has 0 aliphatic rings. The first kappa shape index (κ1) is 11.5. The summed E-state index contributed by atoms with van der Waals surface area (Å²) in [5, 5.41) is 3.23. The van der Waals surface area contributed by atoms with Gasteiger partial charge in [-0.2, -0.15) is 0 Å². The van der Waals surface area contributed by atoms with E-state index in [2.05, 4.69) is 24.4 Å². The number of hydrogen-bond donors (Lipinski definition) is 1. The Kier molecular flexibility index (Phi) is 5.64. The Bertz CT molecular complexity index is 272. The third-order valence-electron chi connectivity index (χ3n) is 1.75. The molecule has 0 spiro atoms. The van der Waals surface area contributed by atoms with Crippen LogP contribution in [0.25, 0.3) is 0 Å². The van der Waals surface area contributed by atoms with E-state index in [-0.39, 0.29) is 0 Å². The van der Waals surface area contributed by atoms with Crippen LogP contribution < -0.4 is 5.32 Å². The number of unbranched alkanes of at least 4 members (excludes halogenated alkanes) is 1. The minimum absolute atomic E-state index is 0.865. The summed E-state index contributed by atoms with van der Waals surface area (Å²) in [5.41, 5.74) is 0. The highest BCUT2D eigenvalue weighted by Gasteiger charge is 1.97. The lowest BCUT2D eigenvalue weighted by Gasteiger charge is -2.05. The van der Waals surface area contributed by atoms with Gasteiger partial charge in [0.05, 0.1) is 0 Å². The number of thiocarbonyl (C=S) groups is 1. The predicted molar refractivity (Wildman–Crippen MR) is 67.8 cm³/mol. The lowest BCUT2D eigenvalue weighted by Crippen LogP contribution is -2.19. The molecule has 0 bridgehead atoms. The highest BCUT2D eigenvalue weighted by Crippen LogP contribution is 2.17. The molecule has 14 heavy (non-hydrogen) atoms. The molecule has 76 valence electrons. The standard InChI is InChI=1S/C11H15NS2/c1-2-3-9-12-11(13)14-10-7-5-4-6-8-10/h4-8H,2-3,9H2,1H3,(H,12,13). The summed E-state index contributed by atoms with van der Waals surface area (Å²) in [7, 11) is 0.